The lowest BCUT2D eigenvalue weighted by atomic mass is 10.2. The van der Waals surface area contributed by atoms with Gasteiger partial charge in [0, 0.05) is 23.2 Å². The van der Waals surface area contributed by atoms with Crippen LogP contribution in [0, 0.1) is 0 Å². The minimum atomic E-state index is 0.326. The molecule has 0 bridgehead atoms. The van der Waals surface area contributed by atoms with Gasteiger partial charge in [-0.3, -0.25) is 0 Å². The van der Waals surface area contributed by atoms with Crippen molar-refractivity contribution in [3.63, 3.8) is 0 Å². The molecular weight excluding hydrogens is 238 g/mol. The first kappa shape index (κ1) is 14.0. The molecule has 0 N–H and O–H groups in total. The molecule has 17 heavy (non-hydrogen) atoms. The highest BCUT2D eigenvalue weighted by atomic mass is 35.5. The Morgan fingerprint density at radius 1 is 1.29 bits per heavy atom. The molecule has 0 aromatic heterocycles. The Balaban J connectivity index is 3.04. The van der Waals surface area contributed by atoms with Crippen molar-refractivity contribution in [2.75, 3.05) is 13.7 Å². The number of rotatable bonds is 2. The second kappa shape index (κ2) is 6.05. The maximum absolute atomic E-state index is 6.00. The maximum Gasteiger partial charge on any atom is 0.224 e. The molecule has 1 heterocycles. The fourth-order valence-corrected chi connectivity index (χ4v) is 1.95. The molecule has 1 aliphatic heterocycles. The van der Waals surface area contributed by atoms with Gasteiger partial charge in [-0.1, -0.05) is 11.6 Å². The Morgan fingerprint density at radius 2 is 1.88 bits per heavy atom. The van der Waals surface area contributed by atoms with Crippen LogP contribution in [-0.4, -0.2) is 42.5 Å². The molecule has 0 amide bonds. The van der Waals surface area contributed by atoms with Crippen molar-refractivity contribution in [2.45, 2.75) is 39.8 Å². The first-order valence-corrected chi connectivity index (χ1v) is 6.15. The van der Waals surface area contributed by atoms with E-state index in [2.05, 4.69) is 42.6 Å². The number of halogens is 1. The summed E-state index contributed by atoms with van der Waals surface area (Å²) < 4.78 is 5.16. The third kappa shape index (κ3) is 3.73. The molecular formula is C12H20ClN3O. The molecule has 4 nitrogen and oxygen atoms in total. The second-order valence-corrected chi connectivity index (χ2v) is 4.94. The topological polar surface area (TPSA) is 37.2 Å². The number of ether oxygens (including phenoxy) is 1. The lowest BCUT2D eigenvalue weighted by molar-refractivity contribution is 0.287. The van der Waals surface area contributed by atoms with E-state index in [4.69, 9.17) is 16.3 Å². The number of aliphatic imine (C=N–C) groups is 2. The van der Waals surface area contributed by atoms with Crippen molar-refractivity contribution in [3.8, 4) is 0 Å². The van der Waals surface area contributed by atoms with E-state index in [1.54, 1.807) is 13.2 Å². The van der Waals surface area contributed by atoms with E-state index in [0.29, 0.717) is 35.5 Å². The molecule has 1 rings (SSSR count). The van der Waals surface area contributed by atoms with E-state index in [0.717, 1.165) is 0 Å². The molecule has 0 atom stereocenters. The van der Waals surface area contributed by atoms with Gasteiger partial charge in [0.2, 0.25) is 11.9 Å². The van der Waals surface area contributed by atoms with Crippen molar-refractivity contribution in [1.29, 1.82) is 0 Å². The first-order valence-electron chi connectivity index (χ1n) is 5.77. The van der Waals surface area contributed by atoms with Crippen molar-refractivity contribution in [2.24, 2.45) is 9.98 Å². The zero-order valence-electron chi connectivity index (χ0n) is 11.1. The highest BCUT2D eigenvalue weighted by molar-refractivity contribution is 6.31. The molecule has 0 fully saturated rings. The average molecular weight is 258 g/mol. The van der Waals surface area contributed by atoms with Crippen LogP contribution in [0.1, 0.15) is 27.7 Å². The van der Waals surface area contributed by atoms with Gasteiger partial charge in [-0.05, 0) is 27.7 Å². The third-order valence-corrected chi connectivity index (χ3v) is 2.64. The van der Waals surface area contributed by atoms with Gasteiger partial charge in [0.15, 0.2) is 0 Å². The summed E-state index contributed by atoms with van der Waals surface area (Å²) in [5, 5.41) is 0.632. The summed E-state index contributed by atoms with van der Waals surface area (Å²) in [5.41, 5.74) is 0. The first-order chi connectivity index (χ1) is 7.95. The van der Waals surface area contributed by atoms with Gasteiger partial charge in [0.25, 0.3) is 0 Å². The molecule has 0 aromatic rings. The second-order valence-electron chi connectivity index (χ2n) is 4.46. The van der Waals surface area contributed by atoms with Gasteiger partial charge < -0.3 is 9.64 Å². The van der Waals surface area contributed by atoms with Crippen LogP contribution in [0.5, 0.6) is 0 Å². The summed E-state index contributed by atoms with van der Waals surface area (Å²) in [7, 11) is 1.58. The zero-order valence-corrected chi connectivity index (χ0v) is 11.8. The van der Waals surface area contributed by atoms with E-state index in [1.165, 1.54) is 0 Å². The summed E-state index contributed by atoms with van der Waals surface area (Å²) in [6.07, 6.45) is 1.71. The monoisotopic (exact) mass is 257 g/mol. The molecule has 0 unspecified atom stereocenters. The molecule has 0 aromatic carbocycles. The summed E-state index contributed by atoms with van der Waals surface area (Å²) in [6, 6.07) is 0.653. The summed E-state index contributed by atoms with van der Waals surface area (Å²) in [6.45, 7) is 8.91. The van der Waals surface area contributed by atoms with Crippen molar-refractivity contribution in [3.05, 3.63) is 11.1 Å². The van der Waals surface area contributed by atoms with E-state index in [9.17, 15) is 0 Å². The van der Waals surface area contributed by atoms with Crippen LogP contribution in [0.2, 0.25) is 0 Å². The van der Waals surface area contributed by atoms with Gasteiger partial charge in [-0.15, -0.1) is 0 Å². The normalized spacial score (nSPS) is 16.4. The van der Waals surface area contributed by atoms with E-state index >= 15 is 0 Å². The van der Waals surface area contributed by atoms with E-state index < -0.39 is 0 Å². The van der Waals surface area contributed by atoms with Crippen LogP contribution >= 0.6 is 11.6 Å². The molecule has 0 aliphatic carbocycles. The SMILES string of the molecule is COC1=NC(N(C(C)C)C(C)C)=NCC(Cl)=C1. The van der Waals surface area contributed by atoms with Gasteiger partial charge in [-0.25, -0.2) is 4.99 Å². The number of methoxy groups -OCH3 is 1. The van der Waals surface area contributed by atoms with Gasteiger partial charge in [-0.2, -0.15) is 4.99 Å². The Morgan fingerprint density at radius 3 is 2.35 bits per heavy atom. The van der Waals surface area contributed by atoms with E-state index in [-0.39, 0.29) is 0 Å². The Hall–Kier alpha value is -1.03. The molecule has 0 spiro atoms. The number of nitrogens with zero attached hydrogens (tertiary/aromatic N) is 3. The fraction of sp³-hybridized carbons (Fsp3) is 0.667. The van der Waals surface area contributed by atoms with Crippen LogP contribution < -0.4 is 0 Å². The van der Waals surface area contributed by atoms with Crippen LogP contribution in [0.15, 0.2) is 21.1 Å². The number of guanidine groups is 1. The molecule has 0 saturated carbocycles. The third-order valence-electron chi connectivity index (χ3n) is 2.41. The number of hydrogen-bond donors (Lipinski definition) is 0. The van der Waals surface area contributed by atoms with Gasteiger partial charge in [0.05, 0.1) is 13.7 Å². The minimum Gasteiger partial charge on any atom is -0.481 e. The predicted octanol–water partition coefficient (Wildman–Crippen LogP) is 2.64. The zero-order chi connectivity index (χ0) is 13.0. The molecule has 5 heteroatoms. The molecule has 0 radical (unpaired) electrons. The lowest BCUT2D eigenvalue weighted by Crippen LogP contribution is -2.41. The maximum atomic E-state index is 6.00. The van der Waals surface area contributed by atoms with Gasteiger partial charge >= 0.3 is 0 Å². The standard InChI is InChI=1S/C12H20ClN3O/c1-8(2)16(9(3)4)12-14-7-10(13)6-11(15-12)17-5/h6,8-9H,7H2,1-5H3. The fourth-order valence-electron chi connectivity index (χ4n) is 1.79. The van der Waals surface area contributed by atoms with Crippen LogP contribution in [0.3, 0.4) is 0 Å². The largest absolute Gasteiger partial charge is 0.481 e. The lowest BCUT2D eigenvalue weighted by Gasteiger charge is -2.31. The average Bonchev–Trinajstić information content (AvgIpc) is 2.40. The molecule has 0 saturated heterocycles. The quantitative estimate of drug-likeness (QED) is 0.763. The molecule has 1 aliphatic rings. The highest BCUT2D eigenvalue weighted by Gasteiger charge is 2.20. The summed E-state index contributed by atoms with van der Waals surface area (Å²) in [4.78, 5) is 11.0. The van der Waals surface area contributed by atoms with Crippen molar-refractivity contribution < 1.29 is 4.74 Å². The highest BCUT2D eigenvalue weighted by Crippen LogP contribution is 2.13. The van der Waals surface area contributed by atoms with Crippen molar-refractivity contribution in [1.82, 2.24) is 4.90 Å². The van der Waals surface area contributed by atoms with Crippen molar-refractivity contribution >= 4 is 23.5 Å². The van der Waals surface area contributed by atoms with Crippen LogP contribution in [-0.2, 0) is 4.74 Å². The Bertz CT molecular complexity index is 351. The Kier molecular flexibility index (Phi) is 5.00. The Labute approximate surface area is 108 Å². The summed E-state index contributed by atoms with van der Waals surface area (Å²) in [5.74, 6) is 1.18. The molecule has 96 valence electrons. The van der Waals surface area contributed by atoms with Crippen LogP contribution in [0.4, 0.5) is 0 Å². The smallest absolute Gasteiger partial charge is 0.224 e. The van der Waals surface area contributed by atoms with E-state index in [1.807, 2.05) is 0 Å². The van der Waals surface area contributed by atoms with Crippen LogP contribution in [0.25, 0.3) is 0 Å². The number of hydrogen-bond acceptors (Lipinski definition) is 4. The predicted molar refractivity (Wildman–Crippen MR) is 72.8 cm³/mol. The minimum absolute atomic E-state index is 0.326. The summed E-state index contributed by atoms with van der Waals surface area (Å²) >= 11 is 6.00. The van der Waals surface area contributed by atoms with Gasteiger partial charge in [0.1, 0.15) is 0 Å².